The largest absolute Gasteiger partial charge is 0.435 e. The molecule has 0 radical (unpaired) electrons. The fourth-order valence-electron chi connectivity index (χ4n) is 2.66. The Morgan fingerprint density at radius 2 is 1.67 bits per heavy atom. The normalized spacial score (nSPS) is 11.9. The van der Waals surface area contributed by atoms with Gasteiger partial charge in [0.15, 0.2) is 11.5 Å². The summed E-state index contributed by atoms with van der Waals surface area (Å²) in [6, 6.07) is 10.3. The number of nitrogens with one attached hydrogen (secondary N) is 1. The van der Waals surface area contributed by atoms with E-state index in [9.17, 15) is 22.0 Å². The fourth-order valence-corrected chi connectivity index (χ4v) is 2.66. The van der Waals surface area contributed by atoms with Gasteiger partial charge in [-0.15, -0.1) is 0 Å². The van der Waals surface area contributed by atoms with Crippen LogP contribution in [0.25, 0.3) is 33.7 Å². The third kappa shape index (κ3) is 3.12. The van der Waals surface area contributed by atoms with E-state index in [4.69, 9.17) is 0 Å². The summed E-state index contributed by atoms with van der Waals surface area (Å²) in [4.78, 5) is 8.46. The van der Waals surface area contributed by atoms with E-state index in [0.29, 0.717) is 17.0 Å². The number of H-pyrrole nitrogens is 1. The number of fused-ring (bicyclic) bond motifs is 1. The number of rotatable bonds is 2. The zero-order valence-electron chi connectivity index (χ0n) is 13.4. The molecule has 1 N–H and O–H groups in total. The maximum atomic E-state index is 14.1. The van der Waals surface area contributed by atoms with Gasteiger partial charge in [0.25, 0.3) is 0 Å². The first-order valence-electron chi connectivity index (χ1n) is 7.68. The van der Waals surface area contributed by atoms with Crippen molar-refractivity contribution in [3.63, 3.8) is 0 Å². The van der Waals surface area contributed by atoms with Gasteiger partial charge in [0.2, 0.25) is 0 Å². The van der Waals surface area contributed by atoms with Crippen LogP contribution < -0.4 is 0 Å². The first kappa shape index (κ1) is 17.1. The summed E-state index contributed by atoms with van der Waals surface area (Å²) in [6.45, 7) is 0. The summed E-state index contributed by atoms with van der Waals surface area (Å²) < 4.78 is 65.9. The van der Waals surface area contributed by atoms with Crippen LogP contribution in [0.5, 0.6) is 0 Å². The average molecular weight is 376 g/mol. The quantitative estimate of drug-likeness (QED) is 0.502. The minimum Gasteiger partial charge on any atom is -0.276 e. The number of halogens is 5. The van der Waals surface area contributed by atoms with Gasteiger partial charge in [0.1, 0.15) is 11.6 Å². The van der Waals surface area contributed by atoms with Gasteiger partial charge < -0.3 is 0 Å². The van der Waals surface area contributed by atoms with Crippen LogP contribution in [0.2, 0.25) is 0 Å². The van der Waals surface area contributed by atoms with Gasteiger partial charge in [-0.25, -0.2) is 18.7 Å². The predicted molar refractivity (Wildman–Crippen MR) is 87.5 cm³/mol. The summed E-state index contributed by atoms with van der Waals surface area (Å²) in [7, 11) is 0. The van der Waals surface area contributed by atoms with Crippen molar-refractivity contribution in [1.29, 1.82) is 0 Å². The highest BCUT2D eigenvalue weighted by Crippen LogP contribution is 2.33. The zero-order valence-corrected chi connectivity index (χ0v) is 13.4. The lowest BCUT2D eigenvalue weighted by atomic mass is 10.1. The molecule has 2 aromatic heterocycles. The number of hydrogen-bond donors (Lipinski definition) is 1. The molecular weight excluding hydrogens is 367 g/mol. The molecule has 0 saturated heterocycles. The molecule has 0 saturated carbocycles. The summed E-state index contributed by atoms with van der Waals surface area (Å²) in [6.07, 6.45) is -4.62. The molecule has 27 heavy (non-hydrogen) atoms. The molecule has 0 unspecified atom stereocenters. The van der Waals surface area contributed by atoms with Crippen molar-refractivity contribution < 1.29 is 22.0 Å². The van der Waals surface area contributed by atoms with Crippen molar-refractivity contribution in [2.75, 3.05) is 0 Å². The number of alkyl halides is 3. The maximum Gasteiger partial charge on any atom is 0.435 e. The number of aromatic amines is 1. The Morgan fingerprint density at radius 1 is 0.889 bits per heavy atom. The SMILES string of the molecule is Fc1ccc(-c2nc(-c3cc(C(F)(F)F)n[nH]3)c3ccccc3n2)c(F)c1. The monoisotopic (exact) mass is 376 g/mol. The van der Waals surface area contributed by atoms with Crippen LogP contribution >= 0.6 is 0 Å². The Labute approximate surface area is 148 Å². The third-order valence-electron chi connectivity index (χ3n) is 3.90. The lowest BCUT2D eigenvalue weighted by Crippen LogP contribution is -2.04. The minimum atomic E-state index is -4.62. The number of hydrogen-bond acceptors (Lipinski definition) is 3. The van der Waals surface area contributed by atoms with Crippen molar-refractivity contribution in [3.8, 4) is 22.8 Å². The second kappa shape index (κ2) is 6.11. The van der Waals surface area contributed by atoms with E-state index in [0.717, 1.165) is 12.1 Å². The van der Waals surface area contributed by atoms with Gasteiger partial charge in [0, 0.05) is 11.5 Å². The maximum absolute atomic E-state index is 14.1. The molecule has 0 amide bonds. The highest BCUT2D eigenvalue weighted by molar-refractivity contribution is 5.92. The average Bonchev–Trinajstić information content (AvgIpc) is 3.11. The van der Waals surface area contributed by atoms with E-state index < -0.39 is 23.5 Å². The molecule has 0 aliphatic heterocycles. The summed E-state index contributed by atoms with van der Waals surface area (Å²) in [5, 5.41) is 6.04. The molecule has 0 aliphatic rings. The Bertz CT molecular complexity index is 1150. The molecule has 0 bridgehead atoms. The highest BCUT2D eigenvalue weighted by Gasteiger charge is 2.34. The van der Waals surface area contributed by atoms with Gasteiger partial charge in [-0.2, -0.15) is 18.3 Å². The first-order valence-corrected chi connectivity index (χ1v) is 7.68. The standard InChI is InChI=1S/C18H9F5N4/c19-9-5-6-10(12(20)7-9)17-24-13-4-2-1-3-11(13)16(25-17)14-8-15(27-26-14)18(21,22)23/h1-8H,(H,26,27). The van der Waals surface area contributed by atoms with Crippen LogP contribution in [-0.2, 0) is 6.18 Å². The molecule has 0 fully saturated rings. The fraction of sp³-hybridized carbons (Fsp3) is 0.0556. The van der Waals surface area contributed by atoms with Crippen LogP contribution in [0.15, 0.2) is 48.5 Å². The van der Waals surface area contributed by atoms with Gasteiger partial charge >= 0.3 is 6.18 Å². The van der Waals surface area contributed by atoms with Crippen LogP contribution in [0, 0.1) is 11.6 Å². The Hall–Kier alpha value is -3.36. The van der Waals surface area contributed by atoms with Crippen molar-refractivity contribution in [2.24, 2.45) is 0 Å². The van der Waals surface area contributed by atoms with Crippen molar-refractivity contribution in [1.82, 2.24) is 20.2 Å². The lowest BCUT2D eigenvalue weighted by molar-refractivity contribution is -0.141. The van der Waals surface area contributed by atoms with E-state index in [1.165, 1.54) is 6.07 Å². The molecule has 4 nitrogen and oxygen atoms in total. The Kier molecular flexibility index (Phi) is 3.87. The van der Waals surface area contributed by atoms with Crippen molar-refractivity contribution >= 4 is 10.9 Å². The van der Waals surface area contributed by atoms with E-state index in [-0.39, 0.29) is 22.8 Å². The van der Waals surface area contributed by atoms with E-state index in [1.807, 2.05) is 0 Å². The minimum absolute atomic E-state index is 0.00435. The number of para-hydroxylation sites is 1. The molecule has 2 heterocycles. The Balaban J connectivity index is 1.95. The van der Waals surface area contributed by atoms with Crippen LogP contribution in [0.3, 0.4) is 0 Å². The second-order valence-corrected chi connectivity index (χ2v) is 5.70. The van der Waals surface area contributed by atoms with E-state index in [2.05, 4.69) is 20.2 Å². The van der Waals surface area contributed by atoms with Gasteiger partial charge in [-0.05, 0) is 24.3 Å². The van der Waals surface area contributed by atoms with Crippen LogP contribution in [0.1, 0.15) is 5.69 Å². The molecule has 136 valence electrons. The van der Waals surface area contributed by atoms with Crippen molar-refractivity contribution in [2.45, 2.75) is 6.18 Å². The predicted octanol–water partition coefficient (Wildman–Crippen LogP) is 4.98. The summed E-state index contributed by atoms with van der Waals surface area (Å²) >= 11 is 0. The van der Waals surface area contributed by atoms with Gasteiger partial charge in [-0.1, -0.05) is 18.2 Å². The smallest absolute Gasteiger partial charge is 0.276 e. The number of aromatic nitrogens is 4. The van der Waals surface area contributed by atoms with Gasteiger partial charge in [0.05, 0.1) is 22.5 Å². The van der Waals surface area contributed by atoms with Crippen LogP contribution in [0.4, 0.5) is 22.0 Å². The van der Waals surface area contributed by atoms with Crippen LogP contribution in [-0.4, -0.2) is 20.2 Å². The molecule has 9 heteroatoms. The number of benzene rings is 2. The molecule has 0 aliphatic carbocycles. The topological polar surface area (TPSA) is 54.5 Å². The second-order valence-electron chi connectivity index (χ2n) is 5.70. The molecule has 2 aromatic carbocycles. The Morgan fingerprint density at radius 3 is 2.37 bits per heavy atom. The molecular formula is C18H9F5N4. The zero-order chi connectivity index (χ0) is 19.2. The highest BCUT2D eigenvalue weighted by atomic mass is 19.4. The molecule has 4 rings (SSSR count). The third-order valence-corrected chi connectivity index (χ3v) is 3.90. The van der Waals surface area contributed by atoms with Crippen molar-refractivity contribution in [3.05, 3.63) is 65.9 Å². The van der Waals surface area contributed by atoms with Gasteiger partial charge in [-0.3, -0.25) is 5.10 Å². The summed E-state index contributed by atoms with van der Waals surface area (Å²) in [5.41, 5.74) is -0.648. The van der Waals surface area contributed by atoms with E-state index in [1.54, 1.807) is 24.3 Å². The van der Waals surface area contributed by atoms with E-state index >= 15 is 0 Å². The lowest BCUT2D eigenvalue weighted by Gasteiger charge is -2.08. The molecule has 4 aromatic rings. The molecule has 0 atom stereocenters. The molecule has 0 spiro atoms. The summed E-state index contributed by atoms with van der Waals surface area (Å²) in [5.74, 6) is -1.72. The first-order chi connectivity index (χ1) is 12.8. The number of nitrogens with zero attached hydrogens (tertiary/aromatic N) is 3.